The second kappa shape index (κ2) is 8.52. The lowest BCUT2D eigenvalue weighted by atomic mass is 9.98. The SMILES string of the molecule is Cc1cn([C@@H]2O[C@H](C(=C=O)OOC3CCCCC3)[C@@H](O)C2=C=O)c(=O)[nH]c1=O. The maximum atomic E-state index is 12.1. The lowest BCUT2D eigenvalue weighted by Gasteiger charge is -2.22. The van der Waals surface area contributed by atoms with Gasteiger partial charge in [0.2, 0.25) is 0 Å². The van der Waals surface area contributed by atoms with E-state index in [9.17, 15) is 24.3 Å². The molecule has 10 heteroatoms. The van der Waals surface area contributed by atoms with Gasteiger partial charge in [-0.25, -0.2) is 14.4 Å². The van der Waals surface area contributed by atoms with E-state index in [1.807, 2.05) is 0 Å². The fraction of sp³-hybridized carbons (Fsp3) is 0.556. The summed E-state index contributed by atoms with van der Waals surface area (Å²) in [6.07, 6.45) is 1.19. The van der Waals surface area contributed by atoms with Crippen molar-refractivity contribution in [2.75, 3.05) is 0 Å². The maximum Gasteiger partial charge on any atom is 0.330 e. The van der Waals surface area contributed by atoms with Gasteiger partial charge in [0.1, 0.15) is 18.1 Å². The molecule has 1 aliphatic carbocycles. The van der Waals surface area contributed by atoms with Gasteiger partial charge < -0.3 is 14.7 Å². The quantitative estimate of drug-likeness (QED) is 0.306. The number of hydrogen-bond acceptors (Lipinski definition) is 8. The van der Waals surface area contributed by atoms with Crippen molar-refractivity contribution in [3.8, 4) is 0 Å². The predicted molar refractivity (Wildman–Crippen MR) is 93.4 cm³/mol. The predicted octanol–water partition coefficient (Wildman–Crippen LogP) is -0.142. The molecule has 2 fully saturated rings. The summed E-state index contributed by atoms with van der Waals surface area (Å²) in [6.45, 7) is 1.46. The van der Waals surface area contributed by atoms with Gasteiger partial charge in [0.05, 0.1) is 5.57 Å². The van der Waals surface area contributed by atoms with Gasteiger partial charge in [0, 0.05) is 11.8 Å². The summed E-state index contributed by atoms with van der Waals surface area (Å²) in [7, 11) is 0. The molecule has 0 bridgehead atoms. The summed E-state index contributed by atoms with van der Waals surface area (Å²) >= 11 is 0. The molecule has 0 radical (unpaired) electrons. The molecule has 2 heterocycles. The minimum Gasteiger partial charge on any atom is -0.385 e. The lowest BCUT2D eigenvalue weighted by molar-refractivity contribution is -0.308. The Bertz CT molecular complexity index is 945. The van der Waals surface area contributed by atoms with Crippen molar-refractivity contribution in [2.24, 2.45) is 0 Å². The molecule has 1 aliphatic heterocycles. The average molecular weight is 392 g/mol. The highest BCUT2D eigenvalue weighted by atomic mass is 17.2. The zero-order chi connectivity index (χ0) is 20.3. The summed E-state index contributed by atoms with van der Waals surface area (Å²) in [5, 5.41) is 10.4. The van der Waals surface area contributed by atoms with Gasteiger partial charge in [0.15, 0.2) is 18.3 Å². The summed E-state index contributed by atoms with van der Waals surface area (Å²) < 4.78 is 6.44. The topological polar surface area (TPSA) is 137 Å². The van der Waals surface area contributed by atoms with E-state index in [4.69, 9.17) is 14.5 Å². The maximum absolute atomic E-state index is 12.1. The van der Waals surface area contributed by atoms with Crippen LogP contribution in [-0.4, -0.2) is 44.9 Å². The molecule has 0 aromatic carbocycles. The fourth-order valence-electron chi connectivity index (χ4n) is 3.29. The van der Waals surface area contributed by atoms with Gasteiger partial charge in [0.25, 0.3) is 11.3 Å². The Morgan fingerprint density at radius 2 is 2.00 bits per heavy atom. The Morgan fingerprint density at radius 1 is 1.29 bits per heavy atom. The van der Waals surface area contributed by atoms with Crippen LogP contribution in [0.5, 0.6) is 0 Å². The summed E-state index contributed by atoms with van der Waals surface area (Å²) in [4.78, 5) is 58.7. The molecule has 0 unspecified atom stereocenters. The third-order valence-corrected chi connectivity index (χ3v) is 4.85. The Labute approximate surface area is 159 Å². The van der Waals surface area contributed by atoms with Crippen LogP contribution in [-0.2, 0) is 24.1 Å². The molecule has 1 aromatic rings. The summed E-state index contributed by atoms with van der Waals surface area (Å²) in [5.74, 6) is 2.57. The van der Waals surface area contributed by atoms with Crippen LogP contribution in [0.15, 0.2) is 27.1 Å². The normalized spacial score (nSPS) is 25.2. The van der Waals surface area contributed by atoms with E-state index in [1.165, 1.54) is 25.0 Å². The molecule has 2 aliphatic rings. The molecule has 1 saturated carbocycles. The van der Waals surface area contributed by atoms with Crippen LogP contribution in [0.25, 0.3) is 0 Å². The Morgan fingerprint density at radius 3 is 2.64 bits per heavy atom. The largest absolute Gasteiger partial charge is 0.385 e. The number of nitrogens with one attached hydrogen (secondary N) is 1. The first-order chi connectivity index (χ1) is 13.5. The Kier molecular flexibility index (Phi) is 6.08. The zero-order valence-corrected chi connectivity index (χ0v) is 15.2. The molecule has 1 saturated heterocycles. The number of aliphatic hydroxyl groups is 1. The monoisotopic (exact) mass is 392 g/mol. The molecule has 3 atom stereocenters. The first-order valence-electron chi connectivity index (χ1n) is 8.95. The number of aromatic amines is 1. The number of aryl methyl sites for hydroxylation is 1. The molecule has 2 N–H and O–H groups in total. The standard InChI is InChI=1S/C18H20N2O8/c1-10-7-20(18(25)19-16(10)24)17-12(8-21)14(23)15(26-17)13(9-22)28-27-11-5-3-2-4-6-11/h7,11,14-15,17,23H,2-6H2,1H3,(H,19,24,25)/t14-,15+,17+/m0/s1. The second-order valence-electron chi connectivity index (χ2n) is 6.80. The number of carbonyl (C=O) groups excluding carboxylic acids is 2. The number of H-pyrrole nitrogens is 1. The number of ether oxygens (including phenoxy) is 1. The first kappa shape index (κ1) is 20.0. The van der Waals surface area contributed by atoms with E-state index in [2.05, 4.69) is 4.98 Å². The highest BCUT2D eigenvalue weighted by Crippen LogP contribution is 2.35. The zero-order valence-electron chi connectivity index (χ0n) is 15.2. The molecule has 28 heavy (non-hydrogen) atoms. The van der Waals surface area contributed by atoms with Crippen LogP contribution in [0.3, 0.4) is 0 Å². The number of nitrogens with zero attached hydrogens (tertiary/aromatic N) is 1. The van der Waals surface area contributed by atoms with Crippen molar-refractivity contribution in [3.63, 3.8) is 0 Å². The third kappa shape index (κ3) is 3.91. The molecule has 150 valence electrons. The molecule has 1 aromatic heterocycles. The molecular formula is C18H20N2O8. The average Bonchev–Trinajstić information content (AvgIpc) is 3.02. The van der Waals surface area contributed by atoms with Gasteiger partial charge in [-0.15, -0.1) is 0 Å². The van der Waals surface area contributed by atoms with Crippen molar-refractivity contribution >= 4 is 11.9 Å². The first-order valence-corrected chi connectivity index (χ1v) is 8.95. The van der Waals surface area contributed by atoms with Crippen LogP contribution < -0.4 is 11.2 Å². The van der Waals surface area contributed by atoms with Gasteiger partial charge in [-0.05, 0) is 19.8 Å². The lowest BCUT2D eigenvalue weighted by Crippen LogP contribution is -2.34. The molecule has 0 spiro atoms. The Balaban J connectivity index is 1.82. The number of aromatic nitrogens is 2. The van der Waals surface area contributed by atoms with E-state index in [1.54, 1.807) is 0 Å². The van der Waals surface area contributed by atoms with Gasteiger partial charge in [-0.1, -0.05) is 19.3 Å². The van der Waals surface area contributed by atoms with Gasteiger partial charge >= 0.3 is 5.69 Å². The van der Waals surface area contributed by atoms with E-state index in [-0.39, 0.29) is 17.2 Å². The smallest absolute Gasteiger partial charge is 0.330 e. The second-order valence-corrected chi connectivity index (χ2v) is 6.80. The van der Waals surface area contributed by atoms with E-state index >= 15 is 0 Å². The minimum atomic E-state index is -1.60. The minimum absolute atomic E-state index is 0.189. The van der Waals surface area contributed by atoms with Crippen molar-refractivity contribution in [1.82, 2.24) is 9.55 Å². The number of hydrogen-bond donors (Lipinski definition) is 2. The van der Waals surface area contributed by atoms with Crippen molar-refractivity contribution < 1.29 is 29.2 Å². The third-order valence-electron chi connectivity index (χ3n) is 4.85. The van der Waals surface area contributed by atoms with Crippen molar-refractivity contribution in [1.29, 1.82) is 0 Å². The van der Waals surface area contributed by atoms with Gasteiger partial charge in [-0.2, -0.15) is 4.89 Å². The summed E-state index contributed by atoms with van der Waals surface area (Å²) in [5.41, 5.74) is -1.58. The molecule has 3 rings (SSSR count). The number of rotatable bonds is 5. The van der Waals surface area contributed by atoms with Crippen LogP contribution in [0, 0.1) is 6.92 Å². The fourth-order valence-corrected chi connectivity index (χ4v) is 3.29. The van der Waals surface area contributed by atoms with Crippen molar-refractivity contribution in [3.05, 3.63) is 43.9 Å². The van der Waals surface area contributed by atoms with Crippen LogP contribution in [0.2, 0.25) is 0 Å². The number of aliphatic hydroxyl groups excluding tert-OH is 1. The molecule has 10 nitrogen and oxygen atoms in total. The molecule has 0 amide bonds. The van der Waals surface area contributed by atoms with Crippen LogP contribution in [0.4, 0.5) is 0 Å². The van der Waals surface area contributed by atoms with E-state index in [0.717, 1.165) is 36.7 Å². The van der Waals surface area contributed by atoms with Crippen molar-refractivity contribution in [2.45, 2.75) is 63.6 Å². The Hall–Kier alpha value is -2.74. The molecular weight excluding hydrogens is 372 g/mol. The van der Waals surface area contributed by atoms with E-state index < -0.39 is 35.4 Å². The highest BCUT2D eigenvalue weighted by molar-refractivity contribution is 5.59. The van der Waals surface area contributed by atoms with Crippen LogP contribution in [0.1, 0.15) is 43.9 Å². The summed E-state index contributed by atoms with van der Waals surface area (Å²) in [6, 6.07) is 0. The van der Waals surface area contributed by atoms with Gasteiger partial charge in [-0.3, -0.25) is 14.3 Å². The van der Waals surface area contributed by atoms with Crippen LogP contribution >= 0.6 is 0 Å². The highest BCUT2D eigenvalue weighted by Gasteiger charge is 2.46. The van der Waals surface area contributed by atoms with E-state index in [0.29, 0.717) is 0 Å².